The third kappa shape index (κ3) is 5.94. The molecule has 1 aromatic heterocycles. The lowest BCUT2D eigenvalue weighted by atomic mass is 10.1. The van der Waals surface area contributed by atoms with E-state index in [1.807, 2.05) is 30.3 Å². The van der Waals surface area contributed by atoms with E-state index in [4.69, 9.17) is 0 Å². The van der Waals surface area contributed by atoms with Gasteiger partial charge in [0, 0.05) is 32.5 Å². The molecule has 0 saturated carbocycles. The minimum atomic E-state index is -0.761. The van der Waals surface area contributed by atoms with Crippen LogP contribution in [0.1, 0.15) is 17.2 Å². The van der Waals surface area contributed by atoms with Crippen molar-refractivity contribution in [1.29, 1.82) is 0 Å². The molecule has 7 heteroatoms. The molecular formula is C19H24N4O3. The third-order valence-electron chi connectivity index (χ3n) is 3.86. The molecule has 3 N–H and O–H groups in total. The highest BCUT2D eigenvalue weighted by Crippen LogP contribution is 2.13. The summed E-state index contributed by atoms with van der Waals surface area (Å²) >= 11 is 0. The topological polar surface area (TPSA) is 94.6 Å². The molecule has 2 rings (SSSR count). The molecule has 0 aliphatic carbocycles. The van der Waals surface area contributed by atoms with Crippen LogP contribution in [0.25, 0.3) is 0 Å². The highest BCUT2D eigenvalue weighted by molar-refractivity contribution is 5.89. The molecule has 0 bridgehead atoms. The molecule has 1 aromatic carbocycles. The number of hydrogen-bond donors (Lipinski definition) is 3. The van der Waals surface area contributed by atoms with Crippen molar-refractivity contribution in [2.45, 2.75) is 12.6 Å². The van der Waals surface area contributed by atoms with E-state index in [1.54, 1.807) is 29.4 Å². The number of aliphatic hydroxyl groups is 1. The molecule has 1 unspecified atom stereocenters. The van der Waals surface area contributed by atoms with Gasteiger partial charge in [-0.05, 0) is 17.2 Å². The molecule has 0 saturated heterocycles. The summed E-state index contributed by atoms with van der Waals surface area (Å²) in [5, 5.41) is 14.6. The predicted molar refractivity (Wildman–Crippen MR) is 98.0 cm³/mol. The lowest BCUT2D eigenvalue weighted by Gasteiger charge is -2.23. The van der Waals surface area contributed by atoms with Gasteiger partial charge in [0.15, 0.2) is 0 Å². The van der Waals surface area contributed by atoms with E-state index in [0.29, 0.717) is 18.7 Å². The minimum Gasteiger partial charge on any atom is -0.395 e. The van der Waals surface area contributed by atoms with E-state index in [-0.39, 0.29) is 25.0 Å². The summed E-state index contributed by atoms with van der Waals surface area (Å²) in [4.78, 5) is 30.5. The molecule has 0 aliphatic rings. The Balaban J connectivity index is 2.03. The maximum atomic E-state index is 12.5. The third-order valence-corrected chi connectivity index (χ3v) is 3.86. The van der Waals surface area contributed by atoms with Gasteiger partial charge in [-0.1, -0.05) is 36.4 Å². The molecule has 0 aliphatic heterocycles. The first-order chi connectivity index (χ1) is 12.6. The van der Waals surface area contributed by atoms with Crippen LogP contribution < -0.4 is 10.6 Å². The number of amides is 2. The highest BCUT2D eigenvalue weighted by Gasteiger charge is 2.22. The lowest BCUT2D eigenvalue weighted by Crippen LogP contribution is -2.44. The molecule has 0 spiro atoms. The van der Waals surface area contributed by atoms with Crippen LogP contribution in [-0.2, 0) is 16.1 Å². The first-order valence-electron chi connectivity index (χ1n) is 8.42. The van der Waals surface area contributed by atoms with Crippen molar-refractivity contribution in [2.75, 3.05) is 26.7 Å². The van der Waals surface area contributed by atoms with Crippen molar-refractivity contribution < 1.29 is 14.7 Å². The highest BCUT2D eigenvalue weighted by atomic mass is 16.3. The second-order valence-electron chi connectivity index (χ2n) is 5.82. The van der Waals surface area contributed by atoms with Crippen molar-refractivity contribution in [2.24, 2.45) is 0 Å². The number of aliphatic hydroxyl groups excluding tert-OH is 1. The molecule has 26 heavy (non-hydrogen) atoms. The summed E-state index contributed by atoms with van der Waals surface area (Å²) in [7, 11) is 1.53. The van der Waals surface area contributed by atoms with Crippen LogP contribution in [0.4, 0.5) is 0 Å². The second kappa shape index (κ2) is 10.3. The van der Waals surface area contributed by atoms with Crippen molar-refractivity contribution in [3.05, 3.63) is 66.0 Å². The van der Waals surface area contributed by atoms with Crippen LogP contribution in [0.3, 0.4) is 0 Å². The Morgan fingerprint density at radius 1 is 1.19 bits per heavy atom. The first-order valence-corrected chi connectivity index (χ1v) is 8.42. The number of rotatable bonds is 9. The van der Waals surface area contributed by atoms with E-state index >= 15 is 0 Å². The summed E-state index contributed by atoms with van der Waals surface area (Å²) in [6, 6.07) is 12.0. The van der Waals surface area contributed by atoms with Gasteiger partial charge in [-0.3, -0.25) is 19.5 Å². The summed E-state index contributed by atoms with van der Waals surface area (Å²) in [5.41, 5.74) is 1.65. The smallest absolute Gasteiger partial charge is 0.246 e. The number of hydrogen-bond acceptors (Lipinski definition) is 5. The number of likely N-dealkylation sites (N-methyl/N-ethyl adjacent to an activating group) is 1. The number of aromatic nitrogens is 1. The van der Waals surface area contributed by atoms with Crippen molar-refractivity contribution in [3.63, 3.8) is 0 Å². The zero-order chi connectivity index (χ0) is 18.8. The number of carbonyl (C=O) groups excluding carboxylic acids is 2. The average Bonchev–Trinajstić information content (AvgIpc) is 2.67. The number of nitrogens with zero attached hydrogens (tertiary/aromatic N) is 2. The lowest BCUT2D eigenvalue weighted by molar-refractivity contribution is -0.129. The van der Waals surface area contributed by atoms with E-state index in [9.17, 15) is 14.7 Å². The molecule has 138 valence electrons. The SMILES string of the molecule is CNC(=O)C(NC(=O)CN(CCO)Cc1cccnc1)c1ccccc1. The van der Waals surface area contributed by atoms with Gasteiger partial charge < -0.3 is 15.7 Å². The normalized spacial score (nSPS) is 11.8. The van der Waals surface area contributed by atoms with Gasteiger partial charge in [-0.15, -0.1) is 0 Å². The van der Waals surface area contributed by atoms with Crippen LogP contribution >= 0.6 is 0 Å². The number of carbonyl (C=O) groups is 2. The van der Waals surface area contributed by atoms with Gasteiger partial charge in [0.1, 0.15) is 6.04 Å². The van der Waals surface area contributed by atoms with Gasteiger partial charge in [-0.2, -0.15) is 0 Å². The largest absolute Gasteiger partial charge is 0.395 e. The first kappa shape index (κ1) is 19.6. The van der Waals surface area contributed by atoms with Gasteiger partial charge in [0.25, 0.3) is 0 Å². The van der Waals surface area contributed by atoms with Crippen LogP contribution in [0.5, 0.6) is 0 Å². The fraction of sp³-hybridized carbons (Fsp3) is 0.316. The molecular weight excluding hydrogens is 332 g/mol. The second-order valence-corrected chi connectivity index (χ2v) is 5.82. The zero-order valence-corrected chi connectivity index (χ0v) is 14.8. The standard InChI is InChI=1S/C19H24N4O3/c1-20-19(26)18(16-7-3-2-4-8-16)22-17(25)14-23(10-11-24)13-15-6-5-9-21-12-15/h2-9,12,18,24H,10-11,13-14H2,1H3,(H,20,26)(H,22,25). The van der Waals surface area contributed by atoms with E-state index < -0.39 is 6.04 Å². The van der Waals surface area contributed by atoms with Crippen LogP contribution in [0.2, 0.25) is 0 Å². The van der Waals surface area contributed by atoms with Crippen molar-refractivity contribution in [1.82, 2.24) is 20.5 Å². The molecule has 0 fully saturated rings. The Morgan fingerprint density at radius 3 is 2.58 bits per heavy atom. The Morgan fingerprint density at radius 2 is 1.96 bits per heavy atom. The molecule has 0 radical (unpaired) electrons. The number of nitrogens with one attached hydrogen (secondary N) is 2. The number of benzene rings is 1. The Hall–Kier alpha value is -2.77. The monoisotopic (exact) mass is 356 g/mol. The van der Waals surface area contributed by atoms with E-state index in [1.165, 1.54) is 7.05 Å². The fourth-order valence-electron chi connectivity index (χ4n) is 2.61. The molecule has 2 amide bonds. The molecule has 2 aromatic rings. The Kier molecular flexibility index (Phi) is 7.73. The zero-order valence-electron chi connectivity index (χ0n) is 14.8. The number of pyridine rings is 1. The average molecular weight is 356 g/mol. The van der Waals surface area contributed by atoms with E-state index in [0.717, 1.165) is 5.56 Å². The minimum absolute atomic E-state index is 0.0644. The molecule has 7 nitrogen and oxygen atoms in total. The van der Waals surface area contributed by atoms with Crippen molar-refractivity contribution in [3.8, 4) is 0 Å². The Bertz CT molecular complexity index is 694. The summed E-state index contributed by atoms with van der Waals surface area (Å²) in [5.74, 6) is -0.578. The van der Waals surface area contributed by atoms with Crippen LogP contribution in [0.15, 0.2) is 54.9 Å². The predicted octanol–water partition coefficient (Wildman–Crippen LogP) is 0.479. The van der Waals surface area contributed by atoms with Gasteiger partial charge in [0.2, 0.25) is 11.8 Å². The Labute approximate surface area is 153 Å². The summed E-state index contributed by atoms with van der Waals surface area (Å²) < 4.78 is 0. The molecule has 1 heterocycles. The summed E-state index contributed by atoms with van der Waals surface area (Å²) in [6.45, 7) is 0.830. The van der Waals surface area contributed by atoms with Gasteiger partial charge >= 0.3 is 0 Å². The van der Waals surface area contributed by atoms with Crippen LogP contribution in [-0.4, -0.2) is 53.5 Å². The summed E-state index contributed by atoms with van der Waals surface area (Å²) in [6.07, 6.45) is 3.40. The molecule has 1 atom stereocenters. The fourth-order valence-corrected chi connectivity index (χ4v) is 2.61. The van der Waals surface area contributed by atoms with Gasteiger partial charge in [0.05, 0.1) is 13.2 Å². The maximum Gasteiger partial charge on any atom is 0.246 e. The maximum absolute atomic E-state index is 12.5. The van der Waals surface area contributed by atoms with Gasteiger partial charge in [-0.25, -0.2) is 0 Å². The van der Waals surface area contributed by atoms with Crippen LogP contribution in [0, 0.1) is 0 Å². The quantitative estimate of drug-likeness (QED) is 0.608. The van der Waals surface area contributed by atoms with E-state index in [2.05, 4.69) is 15.6 Å². The van der Waals surface area contributed by atoms with Crippen molar-refractivity contribution >= 4 is 11.8 Å².